The van der Waals surface area contributed by atoms with Crippen molar-refractivity contribution in [1.29, 1.82) is 0 Å². The fourth-order valence-electron chi connectivity index (χ4n) is 2.37. The van der Waals surface area contributed by atoms with Gasteiger partial charge in [-0.25, -0.2) is 0 Å². The summed E-state index contributed by atoms with van der Waals surface area (Å²) in [5, 5.41) is 16.3. The Kier molecular flexibility index (Phi) is 4.53. The second-order valence-corrected chi connectivity index (χ2v) is 5.07. The van der Waals surface area contributed by atoms with E-state index in [-0.39, 0.29) is 0 Å². The predicted molar refractivity (Wildman–Crippen MR) is 82.0 cm³/mol. The van der Waals surface area contributed by atoms with Crippen LogP contribution in [0, 0.1) is 0 Å². The lowest BCUT2D eigenvalue weighted by molar-refractivity contribution is 0.313. The largest absolute Gasteiger partial charge is 0.315 e. The van der Waals surface area contributed by atoms with Crippen molar-refractivity contribution in [2.75, 3.05) is 13.1 Å². The van der Waals surface area contributed by atoms with Crippen molar-refractivity contribution in [3.8, 4) is 11.4 Å². The summed E-state index contributed by atoms with van der Waals surface area (Å²) >= 11 is 0. The van der Waals surface area contributed by atoms with Gasteiger partial charge < -0.3 is 5.32 Å². The van der Waals surface area contributed by atoms with Crippen molar-refractivity contribution >= 4 is 0 Å². The van der Waals surface area contributed by atoms with Gasteiger partial charge in [0, 0.05) is 12.1 Å². The lowest BCUT2D eigenvalue weighted by Crippen LogP contribution is -2.32. The molecule has 1 aliphatic heterocycles. The lowest BCUT2D eigenvalue weighted by atomic mass is 10.1. The minimum Gasteiger partial charge on any atom is -0.315 e. The fourth-order valence-corrected chi connectivity index (χ4v) is 2.37. The number of hydrogen-bond acceptors (Lipinski definition) is 4. The first kappa shape index (κ1) is 13.7. The van der Waals surface area contributed by atoms with Crippen LogP contribution < -0.4 is 5.32 Å². The van der Waals surface area contributed by atoms with Crippen LogP contribution in [0.25, 0.3) is 11.4 Å². The van der Waals surface area contributed by atoms with E-state index in [1.807, 2.05) is 54.6 Å². The molecular formula is C16H19N5. The molecule has 1 aliphatic rings. The summed E-state index contributed by atoms with van der Waals surface area (Å²) in [5.41, 5.74) is 0.959. The van der Waals surface area contributed by atoms with E-state index in [1.165, 1.54) is 0 Å². The van der Waals surface area contributed by atoms with Crippen LogP contribution in [0.4, 0.5) is 0 Å². The van der Waals surface area contributed by atoms with E-state index in [2.05, 4.69) is 20.7 Å². The van der Waals surface area contributed by atoms with E-state index in [9.17, 15) is 0 Å². The molecule has 21 heavy (non-hydrogen) atoms. The van der Waals surface area contributed by atoms with Crippen LogP contribution in [0.3, 0.4) is 0 Å². The first-order valence-corrected chi connectivity index (χ1v) is 7.32. The minimum atomic E-state index is 0.308. The quantitative estimate of drug-likeness (QED) is 0.918. The normalized spacial score (nSPS) is 18.0. The van der Waals surface area contributed by atoms with Gasteiger partial charge in [0.1, 0.15) is 0 Å². The molecule has 3 rings (SSSR count). The number of tetrazole rings is 1. The van der Waals surface area contributed by atoms with Gasteiger partial charge in [0.05, 0.1) is 6.04 Å². The van der Waals surface area contributed by atoms with Crippen LogP contribution >= 0.6 is 0 Å². The maximum atomic E-state index is 4.54. The third-order valence-corrected chi connectivity index (χ3v) is 3.50. The van der Waals surface area contributed by atoms with Crippen molar-refractivity contribution in [3.05, 3.63) is 54.6 Å². The molecule has 1 saturated heterocycles. The summed E-state index contributed by atoms with van der Waals surface area (Å²) in [5.74, 6) is 0.666. The first-order valence-electron chi connectivity index (χ1n) is 7.32. The Morgan fingerprint density at radius 3 is 2.38 bits per heavy atom. The summed E-state index contributed by atoms with van der Waals surface area (Å²) in [6.45, 7) is 1.99. The molecule has 5 nitrogen and oxygen atoms in total. The molecule has 2 heterocycles. The monoisotopic (exact) mass is 281 g/mol. The van der Waals surface area contributed by atoms with Crippen LogP contribution in [-0.4, -0.2) is 33.3 Å². The number of rotatable bonds is 2. The molecule has 1 aromatic carbocycles. The number of piperidine rings is 1. The highest BCUT2D eigenvalue weighted by atomic mass is 15.6. The molecule has 1 N–H and O–H groups in total. The molecule has 0 spiro atoms. The molecule has 0 saturated carbocycles. The van der Waals surface area contributed by atoms with Gasteiger partial charge in [-0.2, -0.15) is 4.80 Å². The van der Waals surface area contributed by atoms with Gasteiger partial charge in [0.2, 0.25) is 5.82 Å². The molecule has 0 radical (unpaired) electrons. The molecule has 0 bridgehead atoms. The standard InChI is InChI=1S/C16H19N5/c1-2-4-6-9-14(10-7-5-3-1)16-18-20-21(19-16)15-11-8-12-17-13-15/h1-7,9-10,15,17H,8,11-13H2. The van der Waals surface area contributed by atoms with Crippen molar-refractivity contribution in [1.82, 2.24) is 25.5 Å². The van der Waals surface area contributed by atoms with Gasteiger partial charge in [-0.3, -0.25) is 0 Å². The van der Waals surface area contributed by atoms with E-state index in [4.69, 9.17) is 0 Å². The number of nitrogens with one attached hydrogen (secondary N) is 1. The maximum absolute atomic E-state index is 4.54. The van der Waals surface area contributed by atoms with Gasteiger partial charge in [-0.05, 0) is 24.6 Å². The average Bonchev–Trinajstić information content (AvgIpc) is 3.03. The van der Waals surface area contributed by atoms with Crippen molar-refractivity contribution < 1.29 is 0 Å². The van der Waals surface area contributed by atoms with E-state index >= 15 is 0 Å². The third kappa shape index (κ3) is 3.64. The van der Waals surface area contributed by atoms with Gasteiger partial charge in [-0.15, -0.1) is 10.2 Å². The summed E-state index contributed by atoms with van der Waals surface area (Å²) in [4.78, 5) is 1.74. The smallest absolute Gasteiger partial charge is 0.204 e. The molecule has 0 aliphatic carbocycles. The van der Waals surface area contributed by atoms with Crippen LogP contribution in [0.2, 0.25) is 0 Å². The zero-order valence-corrected chi connectivity index (χ0v) is 11.9. The van der Waals surface area contributed by atoms with Gasteiger partial charge >= 0.3 is 0 Å². The molecule has 2 aromatic rings. The topological polar surface area (TPSA) is 55.6 Å². The fraction of sp³-hybridized carbons (Fsp3) is 0.312. The Morgan fingerprint density at radius 2 is 1.71 bits per heavy atom. The minimum absolute atomic E-state index is 0.308. The van der Waals surface area contributed by atoms with Crippen LogP contribution in [0.15, 0.2) is 54.6 Å². The van der Waals surface area contributed by atoms with Crippen LogP contribution in [0.5, 0.6) is 0 Å². The van der Waals surface area contributed by atoms with Crippen LogP contribution in [-0.2, 0) is 0 Å². The lowest BCUT2D eigenvalue weighted by Gasteiger charge is -2.20. The molecule has 108 valence electrons. The molecule has 1 fully saturated rings. The molecule has 5 heteroatoms. The first-order chi connectivity index (χ1) is 10.4. The van der Waals surface area contributed by atoms with Crippen LogP contribution in [0.1, 0.15) is 18.9 Å². The van der Waals surface area contributed by atoms with E-state index in [0.29, 0.717) is 11.9 Å². The van der Waals surface area contributed by atoms with E-state index in [0.717, 1.165) is 31.5 Å². The van der Waals surface area contributed by atoms with Crippen molar-refractivity contribution in [3.63, 3.8) is 0 Å². The Hall–Kier alpha value is -2.27. The Balaban J connectivity index is 1.89. The average molecular weight is 281 g/mol. The van der Waals surface area contributed by atoms with Gasteiger partial charge in [0.15, 0.2) is 0 Å². The second kappa shape index (κ2) is 6.95. The SMILES string of the molecule is c1ccccc(-c2nnn(C3CCCNC3)n2)cccc1. The summed E-state index contributed by atoms with van der Waals surface area (Å²) in [7, 11) is 0. The predicted octanol–water partition coefficient (Wildman–Crippen LogP) is 2.39. The third-order valence-electron chi connectivity index (χ3n) is 3.50. The zero-order valence-electron chi connectivity index (χ0n) is 11.9. The van der Waals surface area contributed by atoms with Crippen molar-refractivity contribution in [2.24, 2.45) is 0 Å². The molecule has 1 aromatic heterocycles. The zero-order chi connectivity index (χ0) is 14.3. The molecule has 0 amide bonds. The molecule has 1 unspecified atom stereocenters. The van der Waals surface area contributed by atoms with Gasteiger partial charge in [-0.1, -0.05) is 54.6 Å². The van der Waals surface area contributed by atoms with Gasteiger partial charge in [0.25, 0.3) is 0 Å². The Morgan fingerprint density at radius 1 is 1.00 bits per heavy atom. The number of hydrogen-bond donors (Lipinski definition) is 1. The second-order valence-electron chi connectivity index (χ2n) is 5.07. The highest BCUT2D eigenvalue weighted by Gasteiger charge is 2.17. The van der Waals surface area contributed by atoms with E-state index in [1.54, 1.807) is 4.80 Å². The summed E-state index contributed by atoms with van der Waals surface area (Å²) in [6.07, 6.45) is 2.26. The maximum Gasteiger partial charge on any atom is 0.204 e. The summed E-state index contributed by atoms with van der Waals surface area (Å²) in [6, 6.07) is 18.2. The number of nitrogens with zero attached hydrogens (tertiary/aromatic N) is 4. The van der Waals surface area contributed by atoms with Crippen molar-refractivity contribution in [2.45, 2.75) is 18.9 Å². The highest BCUT2D eigenvalue weighted by molar-refractivity contribution is 5.52. The summed E-state index contributed by atoms with van der Waals surface area (Å²) < 4.78 is 0. The molecular weight excluding hydrogens is 262 g/mol. The number of aromatic nitrogens is 4. The molecule has 1 atom stereocenters. The Bertz CT molecular complexity index is 605. The van der Waals surface area contributed by atoms with E-state index < -0.39 is 0 Å². The highest BCUT2D eigenvalue weighted by Crippen LogP contribution is 2.16. The Labute approximate surface area is 124 Å².